The van der Waals surface area contributed by atoms with Crippen LogP contribution in [0.3, 0.4) is 0 Å². The second kappa shape index (κ2) is 5.80. The molecule has 0 atom stereocenters. The number of aliphatic hydroxyl groups excluding tert-OH is 1. The van der Waals surface area contributed by atoms with Crippen molar-refractivity contribution in [3.05, 3.63) is 35.5 Å². The smallest absolute Gasteiger partial charge is 0.395 e. The van der Waals surface area contributed by atoms with E-state index in [-0.39, 0.29) is 30.4 Å². The number of aromatic nitrogens is 3. The predicted molar refractivity (Wildman–Crippen MR) is 66.7 cm³/mol. The van der Waals surface area contributed by atoms with Crippen molar-refractivity contribution in [3.8, 4) is 11.8 Å². The summed E-state index contributed by atoms with van der Waals surface area (Å²) in [7, 11) is 0. The molecule has 21 heavy (non-hydrogen) atoms. The summed E-state index contributed by atoms with van der Waals surface area (Å²) in [5.41, 5.74) is -1.34. The number of para-hydroxylation sites is 1. The van der Waals surface area contributed by atoms with E-state index in [2.05, 4.69) is 15.5 Å². The topological polar surface area (TPSA) is 86.8 Å². The normalized spacial score (nSPS) is 11.2. The molecular formula is C12H10F3N5O. The van der Waals surface area contributed by atoms with E-state index >= 15 is 0 Å². The Hall–Kier alpha value is -2.60. The third-order valence-corrected chi connectivity index (χ3v) is 2.55. The van der Waals surface area contributed by atoms with Crippen molar-refractivity contribution >= 4 is 5.82 Å². The summed E-state index contributed by atoms with van der Waals surface area (Å²) in [6.45, 7) is -0.106. The van der Waals surface area contributed by atoms with Crippen molar-refractivity contribution in [2.24, 2.45) is 0 Å². The van der Waals surface area contributed by atoms with E-state index in [1.54, 1.807) is 6.07 Å². The van der Waals surface area contributed by atoms with Crippen LogP contribution >= 0.6 is 0 Å². The van der Waals surface area contributed by atoms with Crippen LogP contribution in [0.25, 0.3) is 5.69 Å². The van der Waals surface area contributed by atoms with Crippen molar-refractivity contribution in [3.63, 3.8) is 0 Å². The minimum Gasteiger partial charge on any atom is -0.395 e. The Morgan fingerprint density at radius 2 is 2.00 bits per heavy atom. The molecule has 2 rings (SSSR count). The van der Waals surface area contributed by atoms with E-state index in [0.717, 1.165) is 10.9 Å². The molecule has 0 spiro atoms. The number of anilines is 1. The second-order valence-electron chi connectivity index (χ2n) is 3.96. The van der Waals surface area contributed by atoms with Crippen LogP contribution < -0.4 is 5.32 Å². The first-order valence-corrected chi connectivity index (χ1v) is 5.86. The van der Waals surface area contributed by atoms with Gasteiger partial charge >= 0.3 is 6.18 Å². The summed E-state index contributed by atoms with van der Waals surface area (Å²) in [4.78, 5) is 0.751. The minimum atomic E-state index is -4.56. The molecule has 6 nitrogen and oxygen atoms in total. The Morgan fingerprint density at radius 1 is 1.29 bits per heavy atom. The Kier molecular flexibility index (Phi) is 4.09. The van der Waals surface area contributed by atoms with Crippen LogP contribution in [0.2, 0.25) is 0 Å². The lowest BCUT2D eigenvalue weighted by Crippen LogP contribution is -2.12. The lowest BCUT2D eigenvalue weighted by molar-refractivity contribution is -0.137. The third kappa shape index (κ3) is 3.11. The third-order valence-electron chi connectivity index (χ3n) is 2.55. The minimum absolute atomic E-state index is 0.0172. The molecule has 9 heteroatoms. The van der Waals surface area contributed by atoms with E-state index in [4.69, 9.17) is 10.4 Å². The van der Waals surface area contributed by atoms with Gasteiger partial charge in [-0.15, -0.1) is 15.0 Å². The van der Waals surface area contributed by atoms with Gasteiger partial charge in [-0.2, -0.15) is 18.4 Å². The number of hydrogen-bond acceptors (Lipinski definition) is 5. The number of nitriles is 1. The molecule has 0 aliphatic heterocycles. The quantitative estimate of drug-likeness (QED) is 0.894. The summed E-state index contributed by atoms with van der Waals surface area (Å²) < 4.78 is 38.8. The maximum absolute atomic E-state index is 12.9. The average molecular weight is 297 g/mol. The van der Waals surface area contributed by atoms with E-state index in [0.29, 0.717) is 0 Å². The van der Waals surface area contributed by atoms with Gasteiger partial charge in [-0.3, -0.25) is 0 Å². The maximum atomic E-state index is 12.9. The molecule has 1 aromatic carbocycles. The molecular weight excluding hydrogens is 287 g/mol. The fourth-order valence-electron chi connectivity index (χ4n) is 1.67. The molecule has 0 unspecified atom stereocenters. The molecule has 0 aliphatic carbocycles. The van der Waals surface area contributed by atoms with Crippen molar-refractivity contribution in [1.82, 2.24) is 15.0 Å². The number of nitrogens with zero attached hydrogens (tertiary/aromatic N) is 4. The average Bonchev–Trinajstić information content (AvgIpc) is 2.87. The standard InChI is InChI=1S/C12H10F3N5O/c13-12(14,15)8-3-1-2-4-10(8)20-18-9(7-16)11(19-20)17-5-6-21/h1-4,21H,5-6H2,(H,17,19). The largest absolute Gasteiger partial charge is 0.418 e. The number of rotatable bonds is 4. The van der Waals surface area contributed by atoms with E-state index in [1.165, 1.54) is 18.2 Å². The van der Waals surface area contributed by atoms with Crippen LogP contribution in [-0.2, 0) is 6.18 Å². The number of halogens is 3. The maximum Gasteiger partial charge on any atom is 0.418 e. The molecule has 0 radical (unpaired) electrons. The van der Waals surface area contributed by atoms with Gasteiger partial charge in [0, 0.05) is 6.54 Å². The fourth-order valence-corrected chi connectivity index (χ4v) is 1.67. The first-order valence-electron chi connectivity index (χ1n) is 5.86. The first-order chi connectivity index (χ1) is 9.97. The summed E-state index contributed by atoms with van der Waals surface area (Å²) in [5.74, 6) is 0.0172. The molecule has 0 saturated heterocycles. The van der Waals surface area contributed by atoms with Gasteiger partial charge in [0.1, 0.15) is 6.07 Å². The lowest BCUT2D eigenvalue weighted by Gasteiger charge is -2.11. The van der Waals surface area contributed by atoms with Gasteiger partial charge in [0.25, 0.3) is 0 Å². The Labute approximate surface area is 117 Å². The summed E-state index contributed by atoms with van der Waals surface area (Å²) in [6.07, 6.45) is -4.56. The highest BCUT2D eigenvalue weighted by Gasteiger charge is 2.34. The zero-order valence-electron chi connectivity index (χ0n) is 10.6. The van der Waals surface area contributed by atoms with E-state index < -0.39 is 11.7 Å². The Bertz CT molecular complexity index is 674. The fraction of sp³-hybridized carbons (Fsp3) is 0.250. The molecule has 0 fully saturated rings. The molecule has 0 bridgehead atoms. The number of benzene rings is 1. The summed E-state index contributed by atoms with van der Waals surface area (Å²) in [6, 6.07) is 6.52. The number of aliphatic hydroxyl groups is 1. The van der Waals surface area contributed by atoms with E-state index in [1.807, 2.05) is 0 Å². The van der Waals surface area contributed by atoms with Crippen molar-refractivity contribution in [2.45, 2.75) is 6.18 Å². The molecule has 1 heterocycles. The van der Waals surface area contributed by atoms with Crippen molar-refractivity contribution in [1.29, 1.82) is 5.26 Å². The van der Waals surface area contributed by atoms with Crippen LogP contribution in [-0.4, -0.2) is 33.3 Å². The Morgan fingerprint density at radius 3 is 2.62 bits per heavy atom. The molecule has 0 amide bonds. The van der Waals surface area contributed by atoms with Gasteiger partial charge < -0.3 is 10.4 Å². The molecule has 2 N–H and O–H groups in total. The van der Waals surface area contributed by atoms with Crippen molar-refractivity contribution in [2.75, 3.05) is 18.5 Å². The van der Waals surface area contributed by atoms with Gasteiger partial charge in [0.05, 0.1) is 17.9 Å². The number of nitrogens with one attached hydrogen (secondary N) is 1. The molecule has 0 saturated carbocycles. The predicted octanol–water partition coefficient (Wildman–Crippen LogP) is 1.56. The molecule has 0 aliphatic rings. The summed E-state index contributed by atoms with van der Waals surface area (Å²) >= 11 is 0. The van der Waals surface area contributed by atoms with Crippen LogP contribution in [0.5, 0.6) is 0 Å². The van der Waals surface area contributed by atoms with Gasteiger partial charge in [0.15, 0.2) is 5.82 Å². The Balaban J connectivity index is 2.49. The highest BCUT2D eigenvalue weighted by Crippen LogP contribution is 2.33. The monoisotopic (exact) mass is 297 g/mol. The van der Waals surface area contributed by atoms with Gasteiger partial charge in [-0.1, -0.05) is 12.1 Å². The zero-order chi connectivity index (χ0) is 15.5. The van der Waals surface area contributed by atoms with Crippen LogP contribution in [0.4, 0.5) is 19.0 Å². The molecule has 110 valence electrons. The van der Waals surface area contributed by atoms with Crippen molar-refractivity contribution < 1.29 is 18.3 Å². The molecule has 2 aromatic rings. The van der Waals surface area contributed by atoms with Gasteiger partial charge in [-0.25, -0.2) is 0 Å². The molecule has 1 aromatic heterocycles. The van der Waals surface area contributed by atoms with Crippen LogP contribution in [0.15, 0.2) is 24.3 Å². The van der Waals surface area contributed by atoms with Crippen LogP contribution in [0.1, 0.15) is 11.3 Å². The van der Waals surface area contributed by atoms with Crippen LogP contribution in [0, 0.1) is 11.3 Å². The van der Waals surface area contributed by atoms with Gasteiger partial charge in [-0.05, 0) is 12.1 Å². The number of hydrogen-bond donors (Lipinski definition) is 2. The number of alkyl halides is 3. The lowest BCUT2D eigenvalue weighted by atomic mass is 10.2. The highest BCUT2D eigenvalue weighted by molar-refractivity contribution is 5.49. The van der Waals surface area contributed by atoms with E-state index in [9.17, 15) is 13.2 Å². The first kappa shape index (κ1) is 14.8. The second-order valence-corrected chi connectivity index (χ2v) is 3.96. The van der Waals surface area contributed by atoms with Gasteiger partial charge in [0.2, 0.25) is 5.69 Å². The SMILES string of the molecule is N#Cc1nn(-c2ccccc2C(F)(F)F)nc1NCCO. The summed E-state index contributed by atoms with van der Waals surface area (Å²) in [5, 5.41) is 27.8. The highest BCUT2D eigenvalue weighted by atomic mass is 19.4. The zero-order valence-corrected chi connectivity index (χ0v) is 10.6.